The maximum Gasteiger partial charge on any atom is 0.257 e. The summed E-state index contributed by atoms with van der Waals surface area (Å²) in [6.07, 6.45) is 3.33. The summed E-state index contributed by atoms with van der Waals surface area (Å²) >= 11 is 0. The number of rotatable bonds is 6. The minimum absolute atomic E-state index is 0.0705. The highest BCUT2D eigenvalue weighted by Gasteiger charge is 2.33. The summed E-state index contributed by atoms with van der Waals surface area (Å²) in [6, 6.07) is 6.43. The fourth-order valence-electron chi connectivity index (χ4n) is 5.74. The number of amides is 1. The van der Waals surface area contributed by atoms with Crippen molar-refractivity contribution in [2.24, 2.45) is 0 Å². The number of anilines is 3. The van der Waals surface area contributed by atoms with Crippen LogP contribution in [0.3, 0.4) is 0 Å². The van der Waals surface area contributed by atoms with Gasteiger partial charge in [-0.1, -0.05) is 0 Å². The summed E-state index contributed by atoms with van der Waals surface area (Å²) in [7, 11) is 0. The van der Waals surface area contributed by atoms with Gasteiger partial charge in [-0.15, -0.1) is 0 Å². The highest BCUT2D eigenvalue weighted by molar-refractivity contribution is 5.99. The number of ether oxygens (including phenoxy) is 4. The van der Waals surface area contributed by atoms with E-state index in [0.717, 1.165) is 39.1 Å². The Morgan fingerprint density at radius 1 is 1.00 bits per heavy atom. The molecule has 0 radical (unpaired) electrons. The monoisotopic (exact) mass is 560 g/mol. The number of aromatic nitrogens is 3. The zero-order valence-electron chi connectivity index (χ0n) is 22.6. The fraction of sp³-hybridized carbons (Fsp3) is 0.500. The van der Waals surface area contributed by atoms with Gasteiger partial charge in [-0.3, -0.25) is 9.69 Å². The third-order valence-corrected chi connectivity index (χ3v) is 8.12. The first kappa shape index (κ1) is 25.8. The molecule has 0 bridgehead atoms. The van der Waals surface area contributed by atoms with Crippen LogP contribution in [0.4, 0.5) is 17.5 Å². The number of carbonyl (C=O) groups excluding carboxylic acids is 1. The minimum Gasteiger partial charge on any atom is -0.485 e. The molecule has 1 aromatic carbocycles. The zero-order valence-corrected chi connectivity index (χ0v) is 22.6. The minimum atomic E-state index is -0.0705. The van der Waals surface area contributed by atoms with Crippen molar-refractivity contribution in [3.63, 3.8) is 0 Å². The molecule has 3 N–H and O–H groups in total. The Labute approximate surface area is 236 Å². The zero-order chi connectivity index (χ0) is 27.8. The standard InChI is InChI=1S/C28H32N8O5/c29-13-17-14-30-25-22(17)26(31-18-3-9-38-10-4-18)34-28(33-25)32-21-2-1-20(23-24(21)41-12-11-40-23)27(37)36-7-5-35(6-8-36)19-15-39-16-19/h1-2,14,18-19H,3-12,15-16H2,(H3,30,31,32,33,34). The number of H-pyrrole nitrogens is 1. The van der Waals surface area contributed by atoms with Crippen LogP contribution >= 0.6 is 0 Å². The van der Waals surface area contributed by atoms with Gasteiger partial charge in [-0.05, 0) is 25.0 Å². The number of hydrogen-bond donors (Lipinski definition) is 3. The molecule has 4 aliphatic heterocycles. The van der Waals surface area contributed by atoms with Crippen molar-refractivity contribution >= 4 is 34.4 Å². The molecule has 0 aliphatic carbocycles. The summed E-state index contributed by atoms with van der Waals surface area (Å²) in [5, 5.41) is 17.1. The van der Waals surface area contributed by atoms with Crippen molar-refractivity contribution < 1.29 is 23.7 Å². The molecule has 41 heavy (non-hydrogen) atoms. The molecule has 0 atom stereocenters. The SMILES string of the molecule is N#Cc1c[nH]c2nc(Nc3ccc(C(=O)N4CCN(C5COC5)CC4)c4c3OCCO4)nc(NC3CCOCC3)c12. The predicted octanol–water partition coefficient (Wildman–Crippen LogP) is 2.09. The number of piperazine rings is 1. The van der Waals surface area contributed by atoms with Gasteiger partial charge in [0, 0.05) is 51.6 Å². The average molecular weight is 561 g/mol. The van der Waals surface area contributed by atoms with Crippen molar-refractivity contribution in [3.05, 3.63) is 29.5 Å². The van der Waals surface area contributed by atoms with Crippen molar-refractivity contribution in [2.45, 2.75) is 24.9 Å². The number of fused-ring (bicyclic) bond motifs is 2. The smallest absolute Gasteiger partial charge is 0.257 e. The highest BCUT2D eigenvalue weighted by Crippen LogP contribution is 2.42. The molecule has 6 heterocycles. The van der Waals surface area contributed by atoms with Crippen LogP contribution in [0.1, 0.15) is 28.8 Å². The van der Waals surface area contributed by atoms with Gasteiger partial charge in [0.2, 0.25) is 5.95 Å². The Morgan fingerprint density at radius 3 is 2.51 bits per heavy atom. The Balaban J connectivity index is 1.15. The molecule has 2 aromatic heterocycles. The van der Waals surface area contributed by atoms with Crippen LogP contribution in [0, 0.1) is 11.3 Å². The van der Waals surface area contributed by atoms with Crippen molar-refractivity contribution in [2.75, 3.05) is 76.5 Å². The number of nitrogens with zero attached hydrogens (tertiary/aromatic N) is 5. The van der Waals surface area contributed by atoms with Gasteiger partial charge >= 0.3 is 0 Å². The van der Waals surface area contributed by atoms with Crippen LogP contribution in [0.25, 0.3) is 11.0 Å². The number of carbonyl (C=O) groups is 1. The number of nitrogens with one attached hydrogen (secondary N) is 3. The van der Waals surface area contributed by atoms with Crippen LogP contribution in [-0.4, -0.2) is 109 Å². The lowest BCUT2D eigenvalue weighted by Crippen LogP contribution is -2.57. The quantitative estimate of drug-likeness (QED) is 0.407. The van der Waals surface area contributed by atoms with Crippen molar-refractivity contribution in [1.82, 2.24) is 24.8 Å². The van der Waals surface area contributed by atoms with E-state index in [1.54, 1.807) is 18.3 Å². The first-order valence-corrected chi connectivity index (χ1v) is 14.1. The number of benzene rings is 1. The second-order valence-electron chi connectivity index (χ2n) is 10.6. The summed E-state index contributed by atoms with van der Waals surface area (Å²) in [5.74, 6) is 1.71. The Morgan fingerprint density at radius 2 is 1.78 bits per heavy atom. The lowest BCUT2D eigenvalue weighted by atomic mass is 10.1. The van der Waals surface area contributed by atoms with E-state index in [2.05, 4.69) is 31.6 Å². The molecule has 13 nitrogen and oxygen atoms in total. The first-order valence-electron chi connectivity index (χ1n) is 14.1. The maximum atomic E-state index is 13.6. The molecule has 1 amide bonds. The topological polar surface area (TPSA) is 150 Å². The van der Waals surface area contributed by atoms with Gasteiger partial charge in [-0.25, -0.2) is 0 Å². The van der Waals surface area contributed by atoms with E-state index in [1.165, 1.54) is 0 Å². The number of aromatic amines is 1. The van der Waals surface area contributed by atoms with E-state index in [9.17, 15) is 10.1 Å². The molecule has 4 aliphatic rings. The van der Waals surface area contributed by atoms with Crippen molar-refractivity contribution in [1.29, 1.82) is 5.26 Å². The van der Waals surface area contributed by atoms with Crippen LogP contribution in [0.2, 0.25) is 0 Å². The van der Waals surface area contributed by atoms with Crippen LogP contribution in [-0.2, 0) is 9.47 Å². The molecule has 7 rings (SSSR count). The first-order chi connectivity index (χ1) is 20.2. The molecule has 0 spiro atoms. The molecule has 3 aromatic rings. The molecule has 0 saturated carbocycles. The van der Waals surface area contributed by atoms with E-state index in [-0.39, 0.29) is 11.9 Å². The lowest BCUT2D eigenvalue weighted by molar-refractivity contribution is -0.0746. The van der Waals surface area contributed by atoms with Crippen LogP contribution < -0.4 is 20.1 Å². The van der Waals surface area contributed by atoms with Gasteiger partial charge in [0.1, 0.15) is 30.7 Å². The fourth-order valence-corrected chi connectivity index (χ4v) is 5.74. The second kappa shape index (κ2) is 11.0. The average Bonchev–Trinajstić information content (AvgIpc) is 3.41. The Bertz CT molecular complexity index is 1480. The highest BCUT2D eigenvalue weighted by atomic mass is 16.6. The van der Waals surface area contributed by atoms with Crippen LogP contribution in [0.15, 0.2) is 18.3 Å². The van der Waals surface area contributed by atoms with E-state index in [0.29, 0.717) is 96.7 Å². The van der Waals surface area contributed by atoms with Gasteiger partial charge in [0.05, 0.1) is 41.5 Å². The summed E-state index contributed by atoms with van der Waals surface area (Å²) in [6.45, 7) is 6.58. The summed E-state index contributed by atoms with van der Waals surface area (Å²) in [5.41, 5.74) is 2.08. The molecular formula is C28H32N8O5. The van der Waals surface area contributed by atoms with E-state index in [4.69, 9.17) is 23.9 Å². The lowest BCUT2D eigenvalue weighted by Gasteiger charge is -2.42. The number of nitriles is 1. The van der Waals surface area contributed by atoms with Crippen LogP contribution in [0.5, 0.6) is 11.5 Å². The van der Waals surface area contributed by atoms with Crippen molar-refractivity contribution in [3.8, 4) is 17.6 Å². The second-order valence-corrected chi connectivity index (χ2v) is 10.6. The molecule has 13 heteroatoms. The largest absolute Gasteiger partial charge is 0.485 e. The Kier molecular flexibility index (Phi) is 6.95. The van der Waals surface area contributed by atoms with E-state index >= 15 is 0 Å². The molecule has 3 saturated heterocycles. The third kappa shape index (κ3) is 4.99. The van der Waals surface area contributed by atoms with E-state index in [1.807, 2.05) is 4.90 Å². The van der Waals surface area contributed by atoms with Gasteiger partial charge in [0.15, 0.2) is 11.5 Å². The van der Waals surface area contributed by atoms with Gasteiger partial charge in [0.25, 0.3) is 5.91 Å². The summed E-state index contributed by atoms with van der Waals surface area (Å²) in [4.78, 5) is 30.3. The maximum absolute atomic E-state index is 13.6. The number of hydrogen-bond acceptors (Lipinski definition) is 11. The molecule has 214 valence electrons. The molecule has 3 fully saturated rings. The van der Waals surface area contributed by atoms with Gasteiger partial charge < -0.3 is 39.5 Å². The molecule has 0 unspecified atom stereocenters. The Hall–Kier alpha value is -4.12. The normalized spacial score (nSPS) is 19.9. The predicted molar refractivity (Wildman–Crippen MR) is 149 cm³/mol. The van der Waals surface area contributed by atoms with E-state index < -0.39 is 0 Å². The van der Waals surface area contributed by atoms with Gasteiger partial charge in [-0.2, -0.15) is 15.2 Å². The molecular weight excluding hydrogens is 528 g/mol. The third-order valence-electron chi connectivity index (χ3n) is 8.12. The summed E-state index contributed by atoms with van der Waals surface area (Å²) < 4.78 is 22.8.